The lowest BCUT2D eigenvalue weighted by Gasteiger charge is -2.23. The smallest absolute Gasteiger partial charge is 0.388 e. The third-order valence-electron chi connectivity index (χ3n) is 7.60. The van der Waals surface area contributed by atoms with Gasteiger partial charge in [-0.2, -0.15) is 0 Å². The molecule has 1 amide bonds. The molecule has 1 saturated heterocycles. The molecule has 2 fully saturated rings. The molecular weight excluding hydrogens is 521 g/mol. The van der Waals surface area contributed by atoms with Crippen molar-refractivity contribution in [1.29, 1.82) is 0 Å². The molecule has 8 nitrogen and oxygen atoms in total. The minimum absolute atomic E-state index is 0.0112. The van der Waals surface area contributed by atoms with E-state index < -0.39 is 18.2 Å². The maximum atomic E-state index is 13.4. The van der Waals surface area contributed by atoms with E-state index in [0.717, 1.165) is 48.3 Å². The Bertz CT molecular complexity index is 1370. The van der Waals surface area contributed by atoms with Crippen molar-refractivity contribution >= 4 is 23.3 Å². The summed E-state index contributed by atoms with van der Waals surface area (Å²) >= 11 is 6.19. The number of anilines is 1. The zero-order valence-corrected chi connectivity index (χ0v) is 21.6. The number of carbonyl (C=O) groups excluding carboxylic acids is 1. The van der Waals surface area contributed by atoms with Crippen molar-refractivity contribution in [3.63, 3.8) is 0 Å². The van der Waals surface area contributed by atoms with Gasteiger partial charge in [0.05, 0.1) is 16.6 Å². The van der Waals surface area contributed by atoms with Crippen molar-refractivity contribution in [2.24, 2.45) is 5.41 Å². The molecule has 2 aliphatic rings. The van der Waals surface area contributed by atoms with Gasteiger partial charge in [0.1, 0.15) is 5.82 Å². The quantitative estimate of drug-likeness (QED) is 0.439. The van der Waals surface area contributed by atoms with Gasteiger partial charge in [0.2, 0.25) is 11.8 Å². The van der Waals surface area contributed by atoms with Crippen LogP contribution in [0.3, 0.4) is 0 Å². The fourth-order valence-corrected chi connectivity index (χ4v) is 5.69. The highest BCUT2D eigenvalue weighted by molar-refractivity contribution is 6.31. The summed E-state index contributed by atoms with van der Waals surface area (Å²) in [6.07, 6.45) is 2.78. The average Bonchev–Trinajstić information content (AvgIpc) is 3.47. The Balaban J connectivity index is 1.27. The zero-order valence-electron chi connectivity index (χ0n) is 20.8. The number of carbonyl (C=O) groups is 1. The molecule has 0 radical (unpaired) electrons. The number of hydrogen-bond donors (Lipinski definition) is 1. The van der Waals surface area contributed by atoms with Crippen LogP contribution in [0.1, 0.15) is 48.9 Å². The molecule has 12 heteroatoms. The molecule has 3 atom stereocenters. The number of alkyl halides is 3. The maximum Gasteiger partial charge on any atom is 0.574 e. The highest BCUT2D eigenvalue weighted by Crippen LogP contribution is 2.60. The van der Waals surface area contributed by atoms with Crippen molar-refractivity contribution in [3.05, 3.63) is 58.6 Å². The van der Waals surface area contributed by atoms with E-state index in [9.17, 15) is 18.0 Å². The standard InChI is InChI=1S/C26H26ClF3N6O2/c1-14(17-11-21(34-13-19(17)27)38-26(28,29)30)24(37)36-9-6-25(12-20(25)36)5-4-16-10-18(15(2)35-22(16)31)23-32-7-3-8-33-23/h3,7-8,10-11,13-14,20H,4-6,9,12H2,1-2H3,(H2,31,35)/t14-,20?,25-/m1/s1. The number of aromatic nitrogens is 4. The van der Waals surface area contributed by atoms with Crippen LogP contribution in [0.2, 0.25) is 5.02 Å². The molecule has 1 aliphatic carbocycles. The van der Waals surface area contributed by atoms with Gasteiger partial charge in [-0.3, -0.25) is 4.79 Å². The van der Waals surface area contributed by atoms with E-state index in [2.05, 4.69) is 24.7 Å². The summed E-state index contributed by atoms with van der Waals surface area (Å²) in [5.74, 6) is -0.516. The summed E-state index contributed by atoms with van der Waals surface area (Å²) in [6, 6.07) is 4.89. The summed E-state index contributed by atoms with van der Waals surface area (Å²) in [5, 5.41) is 0.113. The van der Waals surface area contributed by atoms with Gasteiger partial charge in [0.15, 0.2) is 5.82 Å². The van der Waals surface area contributed by atoms with Gasteiger partial charge in [-0.1, -0.05) is 11.6 Å². The lowest BCUT2D eigenvalue weighted by molar-refractivity contribution is -0.276. The van der Waals surface area contributed by atoms with E-state index in [1.807, 2.05) is 17.9 Å². The number of nitrogens with two attached hydrogens (primary N) is 1. The SMILES string of the molecule is Cc1nc(N)c(CC[C@]23CCN(C(=O)[C@H](C)c4cc(OC(F)(F)F)ncc4Cl)C2C3)cc1-c1ncccn1. The van der Waals surface area contributed by atoms with Crippen LogP contribution in [0.25, 0.3) is 11.4 Å². The Kier molecular flexibility index (Phi) is 6.66. The van der Waals surface area contributed by atoms with Gasteiger partial charge >= 0.3 is 6.36 Å². The highest BCUT2D eigenvalue weighted by atomic mass is 35.5. The molecule has 38 heavy (non-hydrogen) atoms. The molecule has 0 spiro atoms. The van der Waals surface area contributed by atoms with Crippen LogP contribution in [0.4, 0.5) is 19.0 Å². The summed E-state index contributed by atoms with van der Waals surface area (Å²) in [6.45, 7) is 4.08. The number of rotatable bonds is 7. The first-order chi connectivity index (χ1) is 18.0. The molecule has 5 rings (SSSR count). The molecule has 200 valence electrons. The van der Waals surface area contributed by atoms with Gasteiger partial charge in [-0.05, 0) is 68.2 Å². The van der Waals surface area contributed by atoms with Crippen LogP contribution < -0.4 is 10.5 Å². The lowest BCUT2D eigenvalue weighted by atomic mass is 9.94. The number of nitrogens with zero attached hydrogens (tertiary/aromatic N) is 5. The number of pyridine rings is 2. The monoisotopic (exact) mass is 546 g/mol. The van der Waals surface area contributed by atoms with Crippen LogP contribution in [0.5, 0.6) is 5.88 Å². The number of ether oxygens (including phenoxy) is 1. The highest BCUT2D eigenvalue weighted by Gasteiger charge is 2.61. The van der Waals surface area contributed by atoms with Crippen molar-refractivity contribution < 1.29 is 22.7 Å². The fourth-order valence-electron chi connectivity index (χ4n) is 5.43. The molecule has 2 N–H and O–H groups in total. The predicted octanol–water partition coefficient (Wildman–Crippen LogP) is 5.10. The molecule has 3 aromatic rings. The number of fused-ring (bicyclic) bond motifs is 1. The molecule has 1 saturated carbocycles. The first-order valence-corrected chi connectivity index (χ1v) is 12.6. The van der Waals surface area contributed by atoms with Gasteiger partial charge < -0.3 is 15.4 Å². The Morgan fingerprint density at radius 1 is 1.29 bits per heavy atom. The van der Waals surface area contributed by atoms with Crippen LogP contribution in [-0.4, -0.2) is 49.7 Å². The number of aryl methyl sites for hydroxylation is 2. The molecule has 0 aromatic carbocycles. The largest absolute Gasteiger partial charge is 0.574 e. The van der Waals surface area contributed by atoms with Crippen molar-refractivity contribution in [2.45, 2.75) is 57.9 Å². The Morgan fingerprint density at radius 2 is 2.03 bits per heavy atom. The summed E-state index contributed by atoms with van der Waals surface area (Å²) in [4.78, 5) is 31.9. The van der Waals surface area contributed by atoms with E-state index in [-0.39, 0.29) is 28.0 Å². The van der Waals surface area contributed by atoms with Crippen molar-refractivity contribution in [1.82, 2.24) is 24.8 Å². The summed E-state index contributed by atoms with van der Waals surface area (Å²) in [5.41, 5.74) is 8.98. The number of halogens is 4. The van der Waals surface area contributed by atoms with Gasteiger partial charge in [0.25, 0.3) is 0 Å². The summed E-state index contributed by atoms with van der Waals surface area (Å²) in [7, 11) is 0. The predicted molar refractivity (Wildman–Crippen MR) is 134 cm³/mol. The van der Waals surface area contributed by atoms with Gasteiger partial charge in [-0.25, -0.2) is 19.9 Å². The minimum Gasteiger partial charge on any atom is -0.388 e. The lowest BCUT2D eigenvalue weighted by Crippen LogP contribution is -2.34. The molecule has 1 unspecified atom stereocenters. The average molecular weight is 547 g/mol. The van der Waals surface area contributed by atoms with E-state index in [1.165, 1.54) is 0 Å². The number of piperidine rings is 1. The van der Waals surface area contributed by atoms with Gasteiger partial charge in [0, 0.05) is 42.8 Å². The Morgan fingerprint density at radius 3 is 2.71 bits per heavy atom. The van der Waals surface area contributed by atoms with E-state index in [0.29, 0.717) is 24.6 Å². The first kappa shape index (κ1) is 26.1. The third-order valence-corrected chi connectivity index (χ3v) is 7.91. The van der Waals surface area contributed by atoms with Crippen molar-refractivity contribution in [3.8, 4) is 17.3 Å². The van der Waals surface area contributed by atoms with E-state index in [1.54, 1.807) is 25.4 Å². The second-order valence-corrected chi connectivity index (χ2v) is 10.3. The summed E-state index contributed by atoms with van der Waals surface area (Å²) < 4.78 is 41.8. The van der Waals surface area contributed by atoms with E-state index >= 15 is 0 Å². The number of nitrogen functional groups attached to an aromatic ring is 1. The van der Waals surface area contributed by atoms with Crippen LogP contribution >= 0.6 is 11.6 Å². The van der Waals surface area contributed by atoms with Crippen molar-refractivity contribution in [2.75, 3.05) is 12.3 Å². The molecule has 4 heterocycles. The number of amides is 1. The zero-order chi connectivity index (χ0) is 27.2. The molecule has 0 bridgehead atoms. The first-order valence-electron chi connectivity index (χ1n) is 12.2. The second kappa shape index (κ2) is 9.68. The third kappa shape index (κ3) is 5.11. The van der Waals surface area contributed by atoms with Crippen LogP contribution in [0.15, 0.2) is 36.8 Å². The fraction of sp³-hybridized carbons (Fsp3) is 0.423. The normalized spacial score (nSPS) is 21.2. The number of hydrogen-bond acceptors (Lipinski definition) is 7. The Hall–Kier alpha value is -3.47. The molecular formula is C26H26ClF3N6O2. The molecule has 1 aliphatic heterocycles. The van der Waals surface area contributed by atoms with Crippen LogP contribution in [-0.2, 0) is 11.2 Å². The topological polar surface area (TPSA) is 107 Å². The minimum atomic E-state index is -4.89. The Labute approximate surface area is 222 Å². The van der Waals surface area contributed by atoms with Gasteiger partial charge in [-0.15, -0.1) is 13.2 Å². The van der Waals surface area contributed by atoms with E-state index in [4.69, 9.17) is 17.3 Å². The molecule has 3 aromatic heterocycles. The van der Waals surface area contributed by atoms with Crippen LogP contribution in [0, 0.1) is 12.3 Å². The second-order valence-electron chi connectivity index (χ2n) is 9.92. The number of likely N-dealkylation sites (tertiary alicyclic amines) is 1. The maximum absolute atomic E-state index is 13.4.